The van der Waals surface area contributed by atoms with E-state index in [9.17, 15) is 9.59 Å². The first-order valence-corrected chi connectivity index (χ1v) is 7.92. The van der Waals surface area contributed by atoms with E-state index in [0.29, 0.717) is 13.0 Å². The highest BCUT2D eigenvalue weighted by atomic mass is 35.5. The molecule has 122 valence electrons. The molecule has 2 saturated heterocycles. The van der Waals surface area contributed by atoms with Crippen LogP contribution in [0.25, 0.3) is 0 Å². The molecule has 1 unspecified atom stereocenters. The van der Waals surface area contributed by atoms with Crippen LogP contribution in [0.2, 0.25) is 0 Å². The van der Waals surface area contributed by atoms with Crippen molar-refractivity contribution in [1.29, 1.82) is 0 Å². The number of piperazine rings is 1. The third kappa shape index (κ3) is 4.58. The zero-order valence-electron chi connectivity index (χ0n) is 13.1. The maximum absolute atomic E-state index is 12.6. The van der Waals surface area contributed by atoms with Gasteiger partial charge in [-0.25, -0.2) is 0 Å². The van der Waals surface area contributed by atoms with Crippen molar-refractivity contribution in [3.05, 3.63) is 0 Å². The second-order valence-electron chi connectivity index (χ2n) is 6.01. The predicted molar refractivity (Wildman–Crippen MR) is 85.5 cm³/mol. The zero-order chi connectivity index (χ0) is 14.5. The molecule has 2 rings (SSSR count). The number of piperidine rings is 1. The Kier molecular flexibility index (Phi) is 7.46. The van der Waals surface area contributed by atoms with Crippen LogP contribution in [0.15, 0.2) is 0 Å². The standard InChI is InChI=1S/C15H27N3O2.ClH/c1-3-5-14(19)17-8-4-6-13(11-17)15(20)18-9-7-16-10-12(18)2;/h12-13,16H,3-11H2,1-2H3;1H/t12-,13?;/m1./s1. The third-order valence-corrected chi connectivity index (χ3v) is 4.37. The number of nitrogens with zero attached hydrogens (tertiary/aromatic N) is 2. The molecule has 2 aliphatic rings. The van der Waals surface area contributed by atoms with Crippen LogP contribution in [0, 0.1) is 5.92 Å². The number of rotatable bonds is 3. The van der Waals surface area contributed by atoms with Gasteiger partial charge in [-0.15, -0.1) is 12.4 Å². The molecule has 0 radical (unpaired) electrons. The van der Waals surface area contributed by atoms with Crippen molar-refractivity contribution in [2.75, 3.05) is 32.7 Å². The summed E-state index contributed by atoms with van der Waals surface area (Å²) in [6.07, 6.45) is 3.35. The maximum Gasteiger partial charge on any atom is 0.227 e. The Morgan fingerprint density at radius 2 is 2.05 bits per heavy atom. The molecule has 2 fully saturated rings. The number of hydrogen-bond donors (Lipinski definition) is 1. The summed E-state index contributed by atoms with van der Waals surface area (Å²) < 4.78 is 0. The molecule has 0 aromatic carbocycles. The SMILES string of the molecule is CCCC(=O)N1CCCC(C(=O)N2CCNC[C@H]2C)C1.Cl. The first-order chi connectivity index (χ1) is 9.63. The molecule has 0 aromatic rings. The summed E-state index contributed by atoms with van der Waals surface area (Å²) in [6.45, 7) is 8.09. The number of likely N-dealkylation sites (tertiary alicyclic amines) is 1. The highest BCUT2D eigenvalue weighted by molar-refractivity contribution is 5.85. The van der Waals surface area contributed by atoms with Gasteiger partial charge in [-0.2, -0.15) is 0 Å². The third-order valence-electron chi connectivity index (χ3n) is 4.37. The lowest BCUT2D eigenvalue weighted by atomic mass is 9.95. The lowest BCUT2D eigenvalue weighted by Crippen LogP contribution is -2.55. The lowest BCUT2D eigenvalue weighted by Gasteiger charge is -2.39. The summed E-state index contributed by atoms with van der Waals surface area (Å²) in [4.78, 5) is 28.5. The summed E-state index contributed by atoms with van der Waals surface area (Å²) in [5.74, 6) is 0.455. The smallest absolute Gasteiger partial charge is 0.227 e. The number of hydrogen-bond acceptors (Lipinski definition) is 3. The van der Waals surface area contributed by atoms with Crippen molar-refractivity contribution in [3.63, 3.8) is 0 Å². The van der Waals surface area contributed by atoms with Crippen molar-refractivity contribution < 1.29 is 9.59 Å². The zero-order valence-corrected chi connectivity index (χ0v) is 14.0. The fraction of sp³-hybridized carbons (Fsp3) is 0.867. The normalized spacial score (nSPS) is 26.2. The minimum absolute atomic E-state index is 0. The first-order valence-electron chi connectivity index (χ1n) is 7.92. The molecule has 2 atom stereocenters. The second kappa shape index (κ2) is 8.59. The fourth-order valence-electron chi connectivity index (χ4n) is 3.18. The molecule has 1 N–H and O–H groups in total. The largest absolute Gasteiger partial charge is 0.342 e. The molecule has 0 bridgehead atoms. The molecular formula is C15H28ClN3O2. The van der Waals surface area contributed by atoms with Gasteiger partial charge < -0.3 is 15.1 Å². The highest BCUT2D eigenvalue weighted by Crippen LogP contribution is 2.21. The Labute approximate surface area is 133 Å². The Morgan fingerprint density at radius 3 is 2.71 bits per heavy atom. The summed E-state index contributed by atoms with van der Waals surface area (Å²) in [6, 6.07) is 0.262. The van der Waals surface area contributed by atoms with Gasteiger partial charge in [0.2, 0.25) is 11.8 Å². The Morgan fingerprint density at radius 1 is 1.29 bits per heavy atom. The quantitative estimate of drug-likeness (QED) is 0.853. The highest BCUT2D eigenvalue weighted by Gasteiger charge is 2.33. The van der Waals surface area contributed by atoms with Crippen molar-refractivity contribution in [3.8, 4) is 0 Å². The number of amides is 2. The van der Waals surface area contributed by atoms with Crippen molar-refractivity contribution in [2.24, 2.45) is 5.92 Å². The van der Waals surface area contributed by atoms with Gasteiger partial charge in [0, 0.05) is 45.2 Å². The van der Waals surface area contributed by atoms with Crippen LogP contribution in [0.1, 0.15) is 39.5 Å². The average Bonchev–Trinajstić information content (AvgIpc) is 2.47. The molecule has 21 heavy (non-hydrogen) atoms. The molecule has 5 nitrogen and oxygen atoms in total. The van der Waals surface area contributed by atoms with E-state index < -0.39 is 0 Å². The van der Waals surface area contributed by atoms with Crippen LogP contribution >= 0.6 is 12.4 Å². The first kappa shape index (κ1) is 18.2. The topological polar surface area (TPSA) is 52.7 Å². The summed E-state index contributed by atoms with van der Waals surface area (Å²) in [5, 5.41) is 3.31. The van der Waals surface area contributed by atoms with Crippen LogP contribution in [0.5, 0.6) is 0 Å². The van der Waals surface area contributed by atoms with Gasteiger partial charge in [0.1, 0.15) is 0 Å². The van der Waals surface area contributed by atoms with Gasteiger partial charge in [-0.1, -0.05) is 6.92 Å². The Balaban J connectivity index is 0.00000220. The van der Waals surface area contributed by atoms with Crippen LogP contribution in [0.3, 0.4) is 0 Å². The van der Waals surface area contributed by atoms with E-state index in [-0.39, 0.29) is 36.2 Å². The Bertz CT molecular complexity index is 365. The number of halogens is 1. The summed E-state index contributed by atoms with van der Waals surface area (Å²) >= 11 is 0. The van der Waals surface area contributed by atoms with Crippen LogP contribution in [-0.4, -0.2) is 60.4 Å². The van der Waals surface area contributed by atoms with E-state index in [4.69, 9.17) is 0 Å². The summed E-state index contributed by atoms with van der Waals surface area (Å²) in [7, 11) is 0. The monoisotopic (exact) mass is 317 g/mol. The van der Waals surface area contributed by atoms with Gasteiger partial charge in [-0.3, -0.25) is 9.59 Å². The average molecular weight is 318 g/mol. The predicted octanol–water partition coefficient (Wildman–Crippen LogP) is 1.27. The minimum atomic E-state index is 0. The van der Waals surface area contributed by atoms with E-state index in [1.54, 1.807) is 0 Å². The van der Waals surface area contributed by atoms with E-state index >= 15 is 0 Å². The van der Waals surface area contributed by atoms with Gasteiger partial charge in [0.15, 0.2) is 0 Å². The van der Waals surface area contributed by atoms with Crippen LogP contribution in [0.4, 0.5) is 0 Å². The molecule has 0 aromatic heterocycles. The van der Waals surface area contributed by atoms with E-state index in [1.165, 1.54) is 0 Å². The fourth-order valence-corrected chi connectivity index (χ4v) is 3.18. The van der Waals surface area contributed by atoms with Gasteiger partial charge >= 0.3 is 0 Å². The van der Waals surface area contributed by atoms with E-state index in [1.807, 2.05) is 16.7 Å². The number of carbonyl (C=O) groups excluding carboxylic acids is 2. The second-order valence-corrected chi connectivity index (χ2v) is 6.01. The van der Waals surface area contributed by atoms with Crippen molar-refractivity contribution in [2.45, 2.75) is 45.6 Å². The molecule has 0 saturated carbocycles. The molecule has 0 aliphatic carbocycles. The van der Waals surface area contributed by atoms with E-state index in [0.717, 1.165) is 45.4 Å². The molecule has 0 spiro atoms. The molecule has 2 heterocycles. The molecule has 2 amide bonds. The minimum Gasteiger partial charge on any atom is -0.342 e. The van der Waals surface area contributed by atoms with Gasteiger partial charge in [0.25, 0.3) is 0 Å². The van der Waals surface area contributed by atoms with Crippen molar-refractivity contribution >= 4 is 24.2 Å². The van der Waals surface area contributed by atoms with Crippen LogP contribution < -0.4 is 5.32 Å². The number of nitrogens with one attached hydrogen (secondary N) is 1. The lowest BCUT2D eigenvalue weighted by molar-refractivity contribution is -0.143. The Hall–Kier alpha value is -0.810. The molecule has 2 aliphatic heterocycles. The summed E-state index contributed by atoms with van der Waals surface area (Å²) in [5.41, 5.74) is 0. The molecular weight excluding hydrogens is 290 g/mol. The maximum atomic E-state index is 12.6. The van der Waals surface area contributed by atoms with Gasteiger partial charge in [0.05, 0.1) is 5.92 Å². The van der Waals surface area contributed by atoms with Gasteiger partial charge in [-0.05, 0) is 26.2 Å². The molecule has 6 heteroatoms. The van der Waals surface area contributed by atoms with E-state index in [2.05, 4.69) is 12.2 Å². The van der Waals surface area contributed by atoms with Crippen molar-refractivity contribution in [1.82, 2.24) is 15.1 Å². The number of carbonyl (C=O) groups is 2. The van der Waals surface area contributed by atoms with Crippen LogP contribution in [-0.2, 0) is 9.59 Å².